The van der Waals surface area contributed by atoms with E-state index in [1.54, 1.807) is 0 Å². The van der Waals surface area contributed by atoms with Gasteiger partial charge in [0, 0.05) is 25.8 Å². The molecule has 1 aliphatic rings. The van der Waals surface area contributed by atoms with Crippen molar-refractivity contribution < 1.29 is 5.11 Å². The summed E-state index contributed by atoms with van der Waals surface area (Å²) in [5.74, 6) is 0.892. The minimum absolute atomic E-state index is 0.266. The molecule has 1 unspecified atom stereocenters. The lowest BCUT2D eigenvalue weighted by atomic mass is 10.2. The van der Waals surface area contributed by atoms with E-state index in [0.29, 0.717) is 6.04 Å². The molecular formula is C12H19N3O. The molecule has 1 saturated heterocycles. The summed E-state index contributed by atoms with van der Waals surface area (Å²) >= 11 is 0. The normalized spacial score (nSPS) is 21.2. The van der Waals surface area contributed by atoms with Gasteiger partial charge in [-0.3, -0.25) is 4.90 Å². The molecule has 0 aliphatic carbocycles. The molecule has 0 spiro atoms. The van der Waals surface area contributed by atoms with Gasteiger partial charge in [0.25, 0.3) is 0 Å². The maximum Gasteiger partial charge on any atom is 0.125 e. The monoisotopic (exact) mass is 221 g/mol. The fraction of sp³-hybridized carbons (Fsp3) is 0.583. The molecule has 2 N–H and O–H groups in total. The predicted octanol–water partition coefficient (Wildman–Crippen LogP) is 1.08. The number of nitrogens with one attached hydrogen (secondary N) is 1. The van der Waals surface area contributed by atoms with Crippen molar-refractivity contribution in [3.63, 3.8) is 0 Å². The molecule has 2 rings (SSSR count). The lowest BCUT2D eigenvalue weighted by Gasteiger charge is -2.22. The molecule has 1 aromatic heterocycles. The van der Waals surface area contributed by atoms with E-state index in [1.807, 2.05) is 19.3 Å². The number of aliphatic hydroxyl groups is 1. The minimum Gasteiger partial charge on any atom is -0.395 e. The molecule has 1 fully saturated rings. The van der Waals surface area contributed by atoms with Crippen LogP contribution in [0.4, 0.5) is 5.82 Å². The molecule has 0 bridgehead atoms. The first-order valence-corrected chi connectivity index (χ1v) is 5.81. The number of hydrogen-bond donors (Lipinski definition) is 2. The van der Waals surface area contributed by atoms with Crippen molar-refractivity contribution in [2.75, 3.05) is 25.5 Å². The number of aromatic nitrogens is 1. The van der Waals surface area contributed by atoms with E-state index in [-0.39, 0.29) is 6.61 Å². The highest BCUT2D eigenvalue weighted by Gasteiger charge is 2.23. The Bertz CT molecular complexity index is 326. The van der Waals surface area contributed by atoms with E-state index in [2.05, 4.69) is 21.3 Å². The second kappa shape index (κ2) is 5.27. The molecule has 1 aliphatic heterocycles. The maximum absolute atomic E-state index is 9.23. The second-order valence-corrected chi connectivity index (χ2v) is 4.25. The quantitative estimate of drug-likeness (QED) is 0.799. The third-order valence-electron chi connectivity index (χ3n) is 3.18. The Hall–Kier alpha value is -1.13. The molecule has 0 saturated carbocycles. The summed E-state index contributed by atoms with van der Waals surface area (Å²) in [4.78, 5) is 6.62. The molecule has 4 heteroatoms. The average Bonchev–Trinajstić information content (AvgIpc) is 2.77. The Labute approximate surface area is 96.3 Å². The van der Waals surface area contributed by atoms with Crippen LogP contribution < -0.4 is 5.32 Å². The SMILES string of the molecule is CNc1ccc(CN2CCCC2CO)cn1. The van der Waals surface area contributed by atoms with Crippen molar-refractivity contribution in [3.8, 4) is 0 Å². The lowest BCUT2D eigenvalue weighted by molar-refractivity contribution is 0.153. The zero-order valence-corrected chi connectivity index (χ0v) is 9.69. The van der Waals surface area contributed by atoms with Crippen LogP contribution >= 0.6 is 0 Å². The number of aliphatic hydroxyl groups excluding tert-OH is 1. The maximum atomic E-state index is 9.23. The predicted molar refractivity (Wildman–Crippen MR) is 64.3 cm³/mol. The Kier molecular flexibility index (Phi) is 3.74. The van der Waals surface area contributed by atoms with Crippen LogP contribution in [0.3, 0.4) is 0 Å². The van der Waals surface area contributed by atoms with E-state index in [1.165, 1.54) is 12.0 Å². The summed E-state index contributed by atoms with van der Waals surface area (Å²) in [5, 5.41) is 12.2. The van der Waals surface area contributed by atoms with Crippen LogP contribution in [0.25, 0.3) is 0 Å². The first kappa shape index (κ1) is 11.4. The van der Waals surface area contributed by atoms with Gasteiger partial charge in [0.1, 0.15) is 5.82 Å². The van der Waals surface area contributed by atoms with Crippen LogP contribution in [0.2, 0.25) is 0 Å². The van der Waals surface area contributed by atoms with Gasteiger partial charge in [0.05, 0.1) is 6.61 Å². The highest BCUT2D eigenvalue weighted by Crippen LogP contribution is 2.19. The fourth-order valence-electron chi connectivity index (χ4n) is 2.21. The molecule has 4 nitrogen and oxygen atoms in total. The van der Waals surface area contributed by atoms with Gasteiger partial charge in [-0.25, -0.2) is 4.98 Å². The molecule has 2 heterocycles. The van der Waals surface area contributed by atoms with Gasteiger partial charge in [0.15, 0.2) is 0 Å². The summed E-state index contributed by atoms with van der Waals surface area (Å²) in [6, 6.07) is 4.41. The first-order chi connectivity index (χ1) is 7.83. The highest BCUT2D eigenvalue weighted by molar-refractivity contribution is 5.34. The smallest absolute Gasteiger partial charge is 0.125 e. The molecule has 1 atom stereocenters. The largest absolute Gasteiger partial charge is 0.395 e. The van der Waals surface area contributed by atoms with Gasteiger partial charge in [-0.05, 0) is 31.0 Å². The topological polar surface area (TPSA) is 48.4 Å². The molecule has 16 heavy (non-hydrogen) atoms. The average molecular weight is 221 g/mol. The fourth-order valence-corrected chi connectivity index (χ4v) is 2.21. The van der Waals surface area contributed by atoms with Gasteiger partial charge in [0.2, 0.25) is 0 Å². The summed E-state index contributed by atoms with van der Waals surface area (Å²) in [6.07, 6.45) is 4.20. The first-order valence-electron chi connectivity index (χ1n) is 5.81. The molecule has 0 amide bonds. The van der Waals surface area contributed by atoms with Crippen molar-refractivity contribution in [3.05, 3.63) is 23.9 Å². The second-order valence-electron chi connectivity index (χ2n) is 4.25. The van der Waals surface area contributed by atoms with Gasteiger partial charge >= 0.3 is 0 Å². The lowest BCUT2D eigenvalue weighted by Crippen LogP contribution is -2.31. The van der Waals surface area contributed by atoms with Gasteiger partial charge in [-0.2, -0.15) is 0 Å². The van der Waals surface area contributed by atoms with Crippen LogP contribution in [-0.4, -0.2) is 41.2 Å². The highest BCUT2D eigenvalue weighted by atomic mass is 16.3. The van der Waals surface area contributed by atoms with Gasteiger partial charge < -0.3 is 10.4 Å². The Balaban J connectivity index is 1.97. The van der Waals surface area contributed by atoms with Crippen LogP contribution in [0, 0.1) is 0 Å². The standard InChI is InChI=1S/C12H19N3O/c1-13-12-5-4-10(7-14-12)8-15-6-2-3-11(15)9-16/h4-5,7,11,16H,2-3,6,8-9H2,1H3,(H,13,14). The summed E-state index contributed by atoms with van der Waals surface area (Å²) in [5.41, 5.74) is 1.21. The number of pyridine rings is 1. The minimum atomic E-state index is 0.266. The van der Waals surface area contributed by atoms with Crippen molar-refractivity contribution in [2.24, 2.45) is 0 Å². The molecule has 88 valence electrons. The van der Waals surface area contributed by atoms with Crippen molar-refractivity contribution >= 4 is 5.82 Å². The zero-order valence-electron chi connectivity index (χ0n) is 9.69. The third-order valence-corrected chi connectivity index (χ3v) is 3.18. The van der Waals surface area contributed by atoms with Crippen molar-refractivity contribution in [2.45, 2.75) is 25.4 Å². The number of hydrogen-bond acceptors (Lipinski definition) is 4. The van der Waals surface area contributed by atoms with Crippen LogP contribution in [0.15, 0.2) is 18.3 Å². The number of anilines is 1. The van der Waals surface area contributed by atoms with E-state index < -0.39 is 0 Å². The molecule has 0 radical (unpaired) electrons. The van der Waals surface area contributed by atoms with E-state index >= 15 is 0 Å². The number of rotatable bonds is 4. The zero-order chi connectivity index (χ0) is 11.4. The van der Waals surface area contributed by atoms with Crippen molar-refractivity contribution in [1.82, 2.24) is 9.88 Å². The third kappa shape index (κ3) is 2.51. The van der Waals surface area contributed by atoms with E-state index in [4.69, 9.17) is 0 Å². The summed E-state index contributed by atoms with van der Waals surface area (Å²) in [6.45, 7) is 2.24. The van der Waals surface area contributed by atoms with Crippen LogP contribution in [-0.2, 0) is 6.54 Å². The van der Waals surface area contributed by atoms with Crippen LogP contribution in [0.1, 0.15) is 18.4 Å². The Morgan fingerprint density at radius 3 is 3.06 bits per heavy atom. The van der Waals surface area contributed by atoms with Crippen LogP contribution in [0.5, 0.6) is 0 Å². The number of nitrogens with zero attached hydrogens (tertiary/aromatic N) is 2. The Morgan fingerprint density at radius 2 is 2.44 bits per heavy atom. The Morgan fingerprint density at radius 1 is 1.56 bits per heavy atom. The molecule has 1 aromatic rings. The summed E-state index contributed by atoms with van der Waals surface area (Å²) < 4.78 is 0. The van der Waals surface area contributed by atoms with E-state index in [9.17, 15) is 5.11 Å². The number of likely N-dealkylation sites (tertiary alicyclic amines) is 1. The van der Waals surface area contributed by atoms with E-state index in [0.717, 1.165) is 25.3 Å². The van der Waals surface area contributed by atoms with Gasteiger partial charge in [-0.15, -0.1) is 0 Å². The van der Waals surface area contributed by atoms with Gasteiger partial charge in [-0.1, -0.05) is 6.07 Å². The molecular weight excluding hydrogens is 202 g/mol. The van der Waals surface area contributed by atoms with Crippen molar-refractivity contribution in [1.29, 1.82) is 0 Å². The molecule has 0 aromatic carbocycles. The summed E-state index contributed by atoms with van der Waals surface area (Å²) in [7, 11) is 1.87.